The van der Waals surface area contributed by atoms with Crippen molar-refractivity contribution in [2.75, 3.05) is 7.11 Å². The second kappa shape index (κ2) is 1.30. The van der Waals surface area contributed by atoms with Gasteiger partial charge in [0.1, 0.15) is 10.8 Å². The second-order valence-corrected chi connectivity index (χ2v) is 5.71. The molecule has 0 aromatic heterocycles. The summed E-state index contributed by atoms with van der Waals surface area (Å²) in [5.74, 6) is 0. The van der Waals surface area contributed by atoms with Crippen LogP contribution in [0.5, 0.6) is 0 Å². The Labute approximate surface area is 40.7 Å². The van der Waals surface area contributed by atoms with Crippen molar-refractivity contribution in [3.8, 4) is 0 Å². The molecule has 0 amide bonds. The molecule has 0 saturated heterocycles. The van der Waals surface area contributed by atoms with Gasteiger partial charge in [-0.1, -0.05) is 0 Å². The summed E-state index contributed by atoms with van der Waals surface area (Å²) in [7, 11) is 2.91. The average Bonchev–Trinajstić information content (AvgIpc) is 2.22. The molecule has 1 heterocycles. The summed E-state index contributed by atoms with van der Waals surface area (Å²) in [5, 5.41) is 0. The van der Waals surface area contributed by atoms with E-state index in [1.54, 1.807) is 6.28 Å². The van der Waals surface area contributed by atoms with Gasteiger partial charge in [-0.3, -0.25) is 0 Å². The van der Waals surface area contributed by atoms with Gasteiger partial charge in [0.25, 0.3) is 0 Å². The van der Waals surface area contributed by atoms with Gasteiger partial charge in [-0.2, -0.15) is 0 Å². The van der Waals surface area contributed by atoms with Crippen LogP contribution in [0, 0.1) is 0 Å². The smallest absolute Gasteiger partial charge is 0.317 e. The minimum absolute atomic E-state index is 1.39. The molecule has 1 atom stereocenters. The first-order valence-electron chi connectivity index (χ1n) is 1.47. The summed E-state index contributed by atoms with van der Waals surface area (Å²) in [6.07, 6.45) is -0.126. The van der Waals surface area contributed by atoms with Crippen molar-refractivity contribution in [3.63, 3.8) is 0 Å². The van der Waals surface area contributed by atoms with Gasteiger partial charge in [0.15, 0.2) is 0 Å². The molecule has 1 N–H and O–H groups in total. The SMILES string of the molecule is COP1(O)=[S+][B]1. The summed E-state index contributed by atoms with van der Waals surface area (Å²) in [4.78, 5) is 8.73. The lowest BCUT2D eigenvalue weighted by molar-refractivity contribution is 0.404. The highest BCUT2D eigenvalue weighted by Crippen LogP contribution is 2.52. The van der Waals surface area contributed by atoms with Crippen LogP contribution in [0.2, 0.25) is 0 Å². The third-order valence-electron chi connectivity index (χ3n) is 0.547. The Hall–Kier alpha value is 0.635. The Bertz CT molecular complexity index is 112. The fourth-order valence-electron chi connectivity index (χ4n) is 0.126. The molecule has 0 aromatic carbocycles. The molecular formula is CH4BO2PS+. The van der Waals surface area contributed by atoms with E-state index in [-0.39, 0.29) is 0 Å². The molecule has 6 heavy (non-hydrogen) atoms. The van der Waals surface area contributed by atoms with Gasteiger partial charge in [0, 0.05) is 7.11 Å². The van der Waals surface area contributed by atoms with E-state index in [9.17, 15) is 0 Å². The highest BCUT2D eigenvalue weighted by molar-refractivity contribution is 8.67. The van der Waals surface area contributed by atoms with Gasteiger partial charge < -0.3 is 9.42 Å². The number of hydrogen-bond donors (Lipinski definition) is 1. The zero-order chi connectivity index (χ0) is 4.62. The molecule has 0 aromatic rings. The Morgan fingerprint density at radius 3 is 2.50 bits per heavy atom. The Morgan fingerprint density at radius 1 is 2.00 bits per heavy atom. The fraction of sp³-hybridized carbons (Fsp3) is 1.00. The van der Waals surface area contributed by atoms with E-state index in [1.807, 2.05) is 0 Å². The highest BCUT2D eigenvalue weighted by Gasteiger charge is 2.53. The molecule has 33 valence electrons. The fourth-order valence-corrected chi connectivity index (χ4v) is 1.86. The summed E-state index contributed by atoms with van der Waals surface area (Å²) < 4.78 is 4.62. The molecule has 1 unspecified atom stereocenters. The van der Waals surface area contributed by atoms with Crippen molar-refractivity contribution in [1.82, 2.24) is 0 Å². The topological polar surface area (TPSA) is 29.5 Å². The first kappa shape index (κ1) is 4.79. The Morgan fingerprint density at radius 2 is 2.50 bits per heavy atom. The monoisotopic (exact) mass is 122 g/mol. The van der Waals surface area contributed by atoms with Crippen molar-refractivity contribution in [2.24, 2.45) is 0 Å². The van der Waals surface area contributed by atoms with Crippen LogP contribution in [-0.2, 0) is 15.3 Å². The lowest BCUT2D eigenvalue weighted by Gasteiger charge is -1.80. The second-order valence-electron chi connectivity index (χ2n) is 0.958. The molecule has 5 heteroatoms. The van der Waals surface area contributed by atoms with Gasteiger partial charge in [0.05, 0.1) is 0 Å². The third kappa shape index (κ3) is 0.821. The maximum atomic E-state index is 8.73. The molecular weight excluding hydrogens is 118 g/mol. The quantitative estimate of drug-likeness (QED) is 0.301. The molecule has 1 aliphatic rings. The van der Waals surface area contributed by atoms with Gasteiger partial charge in [0.2, 0.25) is 0 Å². The zero-order valence-electron chi connectivity index (χ0n) is 3.29. The van der Waals surface area contributed by atoms with Crippen LogP contribution in [0.15, 0.2) is 0 Å². The number of rotatable bonds is 1. The van der Waals surface area contributed by atoms with E-state index >= 15 is 0 Å². The van der Waals surface area contributed by atoms with Crippen LogP contribution >= 0.6 is 6.37 Å². The van der Waals surface area contributed by atoms with Crippen LogP contribution in [0.1, 0.15) is 0 Å². The van der Waals surface area contributed by atoms with Crippen LogP contribution < -0.4 is 0 Å². The van der Waals surface area contributed by atoms with Gasteiger partial charge in [-0.05, 0) is 0 Å². The molecule has 0 saturated carbocycles. The first-order chi connectivity index (χ1) is 2.77. The predicted octanol–water partition coefficient (Wildman–Crippen LogP) is 0.0181. The third-order valence-corrected chi connectivity index (χ3v) is 3.80. The van der Waals surface area contributed by atoms with E-state index in [0.29, 0.717) is 0 Å². The standard InChI is InChI=1S/CH4BO2PS/c1-4-5(3)2-6-5/h3H,1H3/q+1. The summed E-state index contributed by atoms with van der Waals surface area (Å²) in [5.41, 5.74) is 0. The normalized spacial score (nSPS) is 40.3. The average molecular weight is 122 g/mol. The zero-order valence-corrected chi connectivity index (χ0v) is 5.00. The molecule has 0 bridgehead atoms. The van der Waals surface area contributed by atoms with E-state index in [0.717, 1.165) is 0 Å². The number of hydrogen-bond acceptors (Lipinski definition) is 1. The summed E-state index contributed by atoms with van der Waals surface area (Å²) in [6, 6.07) is 0. The van der Waals surface area contributed by atoms with Crippen LogP contribution in [0.4, 0.5) is 0 Å². The highest BCUT2D eigenvalue weighted by atomic mass is 32.5. The molecule has 1 aliphatic heterocycles. The van der Waals surface area contributed by atoms with Crippen molar-refractivity contribution >= 4 is 23.4 Å². The van der Waals surface area contributed by atoms with E-state index in [4.69, 9.17) is 4.89 Å². The van der Waals surface area contributed by atoms with E-state index < -0.39 is 6.37 Å². The minimum atomic E-state index is -1.85. The molecule has 1 rings (SSSR count). The van der Waals surface area contributed by atoms with Gasteiger partial charge in [-0.15, -0.1) is 0 Å². The van der Waals surface area contributed by atoms with Crippen LogP contribution in [0.25, 0.3) is 0 Å². The molecule has 0 aliphatic carbocycles. The maximum Gasteiger partial charge on any atom is 0.694 e. The Balaban J connectivity index is 2.49. The van der Waals surface area contributed by atoms with E-state index in [1.165, 1.54) is 17.9 Å². The van der Waals surface area contributed by atoms with Gasteiger partial charge >= 0.3 is 12.6 Å². The molecule has 0 fully saturated rings. The van der Waals surface area contributed by atoms with Crippen molar-refractivity contribution < 1.29 is 9.42 Å². The predicted molar refractivity (Wildman–Crippen MR) is 29.3 cm³/mol. The first-order valence-corrected chi connectivity index (χ1v) is 4.68. The molecule has 0 spiro atoms. The van der Waals surface area contributed by atoms with Crippen LogP contribution in [0.3, 0.4) is 0 Å². The molecule has 2 nitrogen and oxygen atoms in total. The van der Waals surface area contributed by atoms with Crippen LogP contribution in [-0.4, -0.2) is 18.3 Å². The van der Waals surface area contributed by atoms with Crippen molar-refractivity contribution in [3.05, 3.63) is 0 Å². The molecule has 1 radical (unpaired) electrons. The minimum Gasteiger partial charge on any atom is -0.317 e. The van der Waals surface area contributed by atoms with Gasteiger partial charge in [-0.25, -0.2) is 0 Å². The van der Waals surface area contributed by atoms with E-state index in [2.05, 4.69) is 4.52 Å². The lowest BCUT2D eigenvalue weighted by atomic mass is 10.7. The Kier molecular flexibility index (Phi) is 1.04. The summed E-state index contributed by atoms with van der Waals surface area (Å²) in [6.45, 7) is 0. The maximum absolute atomic E-state index is 8.73. The largest absolute Gasteiger partial charge is 0.694 e. The van der Waals surface area contributed by atoms with Crippen molar-refractivity contribution in [1.29, 1.82) is 0 Å². The lowest BCUT2D eigenvalue weighted by Crippen LogP contribution is -1.68. The van der Waals surface area contributed by atoms with Crippen molar-refractivity contribution in [2.45, 2.75) is 0 Å². The summed E-state index contributed by atoms with van der Waals surface area (Å²) >= 11 is 0.